The standard InChI is InChI=1S/C49H72N12O15/c1-25(2)39(47(73)56-32(18-19-36(52)63)44(70)61-40(27(4)62)48(74)59-35(49(75)76)24-38(65)66)60-46(72)33(22-29-15-9-6-10-16-29)57-45(71)34(23-37(53)64)58-43(69)31(17-11-12-20-50)55-41(67)26(3)54-42(68)30(51)21-28-13-7-5-8-14-28/h5-10,13-16,25-27,30-35,39-40,62H,11-12,17-24,50-51H2,1-4H3,(H2,52,63)(H2,53,64)(H,54,68)(H,55,67)(H,56,73)(H,57,71)(H,58,69)(H,59,74)(H,60,72)(H,61,70)(H,65,66)(H,75,76)/t26-,27+,30-,31-,32-,33-,34-,35-,39-,40-/m0/s1. The number of carbonyl (C=O) groups is 12. The van der Waals surface area contributed by atoms with Crippen molar-refractivity contribution in [2.24, 2.45) is 28.9 Å². The van der Waals surface area contributed by atoms with Gasteiger partial charge in [-0.2, -0.15) is 0 Å². The van der Waals surface area contributed by atoms with Crippen molar-refractivity contribution in [3.8, 4) is 0 Å². The average molecular weight is 1070 g/mol. The second-order valence-corrected chi connectivity index (χ2v) is 18.4. The highest BCUT2D eigenvalue weighted by atomic mass is 16.4. The van der Waals surface area contributed by atoms with Gasteiger partial charge in [0.25, 0.3) is 0 Å². The number of aliphatic carboxylic acids is 2. The molecule has 76 heavy (non-hydrogen) atoms. The molecule has 418 valence electrons. The fraction of sp³-hybridized carbons (Fsp3) is 0.510. The predicted molar refractivity (Wildman–Crippen MR) is 271 cm³/mol. The number of unbranched alkanes of at least 4 members (excludes halogenated alkanes) is 1. The van der Waals surface area contributed by atoms with Gasteiger partial charge in [-0.3, -0.25) is 52.7 Å². The van der Waals surface area contributed by atoms with Gasteiger partial charge in [-0.15, -0.1) is 0 Å². The van der Waals surface area contributed by atoms with E-state index in [9.17, 15) is 67.7 Å². The van der Waals surface area contributed by atoms with Crippen LogP contribution in [-0.2, 0) is 70.4 Å². The quantitative estimate of drug-likeness (QED) is 0.0294. The zero-order valence-electron chi connectivity index (χ0n) is 42.7. The zero-order valence-corrected chi connectivity index (χ0v) is 42.7. The fourth-order valence-corrected chi connectivity index (χ4v) is 7.32. The maximum Gasteiger partial charge on any atom is 0.326 e. The van der Waals surface area contributed by atoms with E-state index in [1.165, 1.54) is 20.8 Å². The van der Waals surface area contributed by atoms with Gasteiger partial charge in [0.05, 0.1) is 25.0 Å². The number of carboxylic acid groups (broad SMARTS) is 2. The summed E-state index contributed by atoms with van der Waals surface area (Å²) in [7, 11) is 0. The minimum absolute atomic E-state index is 0.00507. The van der Waals surface area contributed by atoms with Crippen molar-refractivity contribution in [2.75, 3.05) is 6.54 Å². The normalized spacial score (nSPS) is 14.9. The minimum atomic E-state index is -1.97. The molecule has 0 saturated heterocycles. The number of benzene rings is 2. The molecule has 27 nitrogen and oxygen atoms in total. The summed E-state index contributed by atoms with van der Waals surface area (Å²) in [5.74, 6) is -14.0. The van der Waals surface area contributed by atoms with E-state index >= 15 is 0 Å². The molecule has 0 radical (unpaired) electrons. The first-order valence-electron chi connectivity index (χ1n) is 24.4. The van der Waals surface area contributed by atoms with Crippen LogP contribution in [0.5, 0.6) is 0 Å². The van der Waals surface area contributed by atoms with Crippen molar-refractivity contribution >= 4 is 71.0 Å². The lowest BCUT2D eigenvalue weighted by atomic mass is 9.99. The Bertz CT molecular complexity index is 2340. The van der Waals surface area contributed by atoms with Gasteiger partial charge in [-0.05, 0) is 69.5 Å². The van der Waals surface area contributed by atoms with Crippen LogP contribution >= 0.6 is 0 Å². The molecule has 0 heterocycles. The molecular weight excluding hydrogens is 997 g/mol. The lowest BCUT2D eigenvalue weighted by Crippen LogP contribution is -2.62. The van der Waals surface area contributed by atoms with Crippen LogP contribution in [0.25, 0.3) is 0 Å². The second kappa shape index (κ2) is 32.3. The molecule has 2 aromatic rings. The van der Waals surface area contributed by atoms with Gasteiger partial charge < -0.3 is 80.8 Å². The summed E-state index contributed by atoms with van der Waals surface area (Å²) in [5.41, 5.74) is 23.9. The van der Waals surface area contributed by atoms with Crippen molar-refractivity contribution in [1.82, 2.24) is 42.5 Å². The molecule has 10 amide bonds. The highest BCUT2D eigenvalue weighted by Crippen LogP contribution is 2.11. The van der Waals surface area contributed by atoms with Crippen LogP contribution in [0.1, 0.15) is 83.8 Å². The van der Waals surface area contributed by atoms with Gasteiger partial charge in [-0.25, -0.2) is 4.79 Å². The summed E-state index contributed by atoms with van der Waals surface area (Å²) < 4.78 is 0. The van der Waals surface area contributed by atoms with Crippen LogP contribution < -0.4 is 65.5 Å². The van der Waals surface area contributed by atoms with E-state index in [4.69, 9.17) is 28.0 Å². The summed E-state index contributed by atoms with van der Waals surface area (Å²) >= 11 is 0. The minimum Gasteiger partial charge on any atom is -0.481 e. The lowest BCUT2D eigenvalue weighted by Gasteiger charge is -2.29. The van der Waals surface area contributed by atoms with Crippen LogP contribution in [0.4, 0.5) is 0 Å². The Morgan fingerprint density at radius 3 is 1.46 bits per heavy atom. The highest BCUT2D eigenvalue weighted by molar-refractivity contribution is 5.99. The molecule has 0 unspecified atom stereocenters. The van der Waals surface area contributed by atoms with E-state index in [0.717, 1.165) is 12.5 Å². The number of carbonyl (C=O) groups excluding carboxylic acids is 10. The number of hydrogen-bond acceptors (Lipinski definition) is 15. The Labute approximate surface area is 438 Å². The Hall–Kier alpha value is -8.04. The Morgan fingerprint density at radius 1 is 0.487 bits per heavy atom. The molecule has 0 spiro atoms. The van der Waals surface area contributed by atoms with E-state index in [-0.39, 0.29) is 25.8 Å². The molecule has 19 N–H and O–H groups in total. The van der Waals surface area contributed by atoms with Gasteiger partial charge in [-0.1, -0.05) is 74.5 Å². The molecule has 2 rings (SSSR count). The van der Waals surface area contributed by atoms with E-state index in [1.54, 1.807) is 60.7 Å². The van der Waals surface area contributed by atoms with Crippen molar-refractivity contribution in [3.63, 3.8) is 0 Å². The number of nitrogens with one attached hydrogen (secondary N) is 8. The molecule has 0 saturated carbocycles. The second-order valence-electron chi connectivity index (χ2n) is 18.4. The molecular formula is C49H72N12O15. The van der Waals surface area contributed by atoms with Crippen LogP contribution in [0.15, 0.2) is 60.7 Å². The molecule has 0 fully saturated rings. The lowest BCUT2D eigenvalue weighted by molar-refractivity contribution is -0.148. The number of hydrogen-bond donors (Lipinski definition) is 15. The zero-order chi connectivity index (χ0) is 57.2. The van der Waals surface area contributed by atoms with E-state index in [1.807, 2.05) is 5.32 Å². The topological polar surface area (TPSA) is 466 Å². The van der Waals surface area contributed by atoms with Gasteiger partial charge in [0, 0.05) is 12.8 Å². The van der Waals surface area contributed by atoms with E-state index < -0.39 is 163 Å². The van der Waals surface area contributed by atoms with Crippen molar-refractivity contribution < 1.29 is 72.9 Å². The number of carboxylic acids is 2. The first kappa shape index (κ1) is 64.1. The number of primary amides is 2. The summed E-state index contributed by atoms with van der Waals surface area (Å²) in [6, 6.07) is 3.18. The van der Waals surface area contributed by atoms with Gasteiger partial charge >= 0.3 is 11.9 Å². The molecule has 0 aliphatic carbocycles. The summed E-state index contributed by atoms with van der Waals surface area (Å²) in [5, 5.41) is 47.9. The highest BCUT2D eigenvalue weighted by Gasteiger charge is 2.37. The van der Waals surface area contributed by atoms with Crippen molar-refractivity contribution in [1.29, 1.82) is 0 Å². The Balaban J connectivity index is 2.40. The number of aliphatic hydroxyl groups excluding tert-OH is 1. The van der Waals surface area contributed by atoms with E-state index in [2.05, 4.69) is 37.2 Å². The van der Waals surface area contributed by atoms with Gasteiger partial charge in [0.2, 0.25) is 59.1 Å². The van der Waals surface area contributed by atoms with Crippen LogP contribution in [0.2, 0.25) is 0 Å². The monoisotopic (exact) mass is 1070 g/mol. The summed E-state index contributed by atoms with van der Waals surface area (Å²) in [4.78, 5) is 156. The Morgan fingerprint density at radius 2 is 0.947 bits per heavy atom. The third-order valence-corrected chi connectivity index (χ3v) is 11.5. The van der Waals surface area contributed by atoms with Crippen LogP contribution in [-0.4, -0.2) is 153 Å². The smallest absolute Gasteiger partial charge is 0.326 e. The van der Waals surface area contributed by atoms with Crippen molar-refractivity contribution in [2.45, 2.75) is 146 Å². The van der Waals surface area contributed by atoms with Gasteiger partial charge in [0.1, 0.15) is 48.3 Å². The fourth-order valence-electron chi connectivity index (χ4n) is 7.32. The SMILES string of the molecule is CC(C)[C@H](NC(=O)[C@H](Cc1ccccc1)NC(=O)[C@H](CC(N)=O)NC(=O)[C@H](CCCCN)NC(=O)[C@H](C)NC(=O)[C@@H](N)Cc1ccccc1)C(=O)N[C@@H](CCC(N)=O)C(=O)N[C@H](C(=O)N[C@@H](CC(=O)O)C(=O)O)[C@@H](C)O. The maximum absolute atomic E-state index is 14.3. The molecule has 0 aliphatic rings. The maximum atomic E-state index is 14.3. The molecule has 0 aliphatic heterocycles. The number of aliphatic hydroxyl groups is 1. The summed E-state index contributed by atoms with van der Waals surface area (Å²) in [6.45, 7) is 5.67. The Kier molecular flexibility index (Phi) is 27.2. The first-order valence-corrected chi connectivity index (χ1v) is 24.4. The van der Waals surface area contributed by atoms with Gasteiger partial charge in [0.15, 0.2) is 0 Å². The molecule has 2 aromatic carbocycles. The third-order valence-electron chi connectivity index (χ3n) is 11.5. The third kappa shape index (κ3) is 23.0. The molecule has 0 aromatic heterocycles. The largest absolute Gasteiger partial charge is 0.481 e. The van der Waals surface area contributed by atoms with E-state index in [0.29, 0.717) is 18.4 Å². The van der Waals surface area contributed by atoms with Crippen LogP contribution in [0, 0.1) is 5.92 Å². The first-order chi connectivity index (χ1) is 35.7. The summed E-state index contributed by atoms with van der Waals surface area (Å²) in [6.07, 6.45) is -3.91. The molecule has 0 bridgehead atoms. The molecule has 10 atom stereocenters. The average Bonchev–Trinajstić information content (AvgIpc) is 3.34. The number of amides is 10. The molecule has 27 heteroatoms. The van der Waals surface area contributed by atoms with Crippen molar-refractivity contribution in [3.05, 3.63) is 71.8 Å². The van der Waals surface area contributed by atoms with Crippen LogP contribution in [0.3, 0.4) is 0 Å². The predicted octanol–water partition coefficient (Wildman–Crippen LogP) is -4.44. The number of nitrogens with two attached hydrogens (primary N) is 4. The number of rotatable bonds is 34.